The van der Waals surface area contributed by atoms with E-state index in [1.807, 2.05) is 20.8 Å². The van der Waals surface area contributed by atoms with Crippen LogP contribution in [0.1, 0.15) is 40.0 Å². The highest BCUT2D eigenvalue weighted by atomic mass is 16.7. The van der Waals surface area contributed by atoms with Gasteiger partial charge in [-0.05, 0) is 33.6 Å². The first kappa shape index (κ1) is 18.2. The molecule has 1 fully saturated rings. The molecule has 1 N–H and O–H groups in total. The minimum Gasteiger partial charge on any atom is -0.444 e. The van der Waals surface area contributed by atoms with Crippen LogP contribution in [-0.4, -0.2) is 62.8 Å². The van der Waals surface area contributed by atoms with E-state index in [1.165, 1.54) is 0 Å². The molecule has 6 heteroatoms. The maximum Gasteiger partial charge on any atom is 0.410 e. The van der Waals surface area contributed by atoms with E-state index < -0.39 is 5.60 Å². The summed E-state index contributed by atoms with van der Waals surface area (Å²) in [6, 6.07) is 0.243. The topological polar surface area (TPSA) is 60.0 Å². The molecule has 0 aromatic heterocycles. The van der Waals surface area contributed by atoms with E-state index in [4.69, 9.17) is 14.2 Å². The second-order valence-corrected chi connectivity index (χ2v) is 6.43. The molecule has 0 aromatic rings. The lowest BCUT2D eigenvalue weighted by Gasteiger charge is -2.29. The summed E-state index contributed by atoms with van der Waals surface area (Å²) in [5.74, 6) is 0. The number of amides is 1. The Balaban J connectivity index is 2.50. The highest BCUT2D eigenvalue weighted by Gasteiger charge is 2.26. The molecular weight excluding hydrogens is 272 g/mol. The fraction of sp³-hybridized carbons (Fsp3) is 0.933. The van der Waals surface area contributed by atoms with Gasteiger partial charge in [0.1, 0.15) is 5.60 Å². The van der Waals surface area contributed by atoms with Crippen LogP contribution < -0.4 is 5.32 Å². The van der Waals surface area contributed by atoms with Crippen molar-refractivity contribution in [2.45, 2.75) is 58.0 Å². The number of carbonyl (C=O) groups is 1. The molecule has 1 rings (SSSR count). The van der Waals surface area contributed by atoms with Crippen molar-refractivity contribution in [2.24, 2.45) is 0 Å². The Hall–Kier alpha value is -0.850. The maximum absolute atomic E-state index is 12.2. The van der Waals surface area contributed by atoms with Crippen LogP contribution in [0.2, 0.25) is 0 Å². The zero-order valence-corrected chi connectivity index (χ0v) is 14.0. The molecule has 0 radical (unpaired) electrons. The van der Waals surface area contributed by atoms with Crippen molar-refractivity contribution < 1.29 is 19.0 Å². The zero-order chi connectivity index (χ0) is 15.9. The van der Waals surface area contributed by atoms with Crippen molar-refractivity contribution >= 4 is 6.09 Å². The Morgan fingerprint density at radius 3 is 2.52 bits per heavy atom. The summed E-state index contributed by atoms with van der Waals surface area (Å²) >= 11 is 0. The molecule has 1 saturated heterocycles. The van der Waals surface area contributed by atoms with Crippen LogP contribution >= 0.6 is 0 Å². The smallest absolute Gasteiger partial charge is 0.410 e. The predicted octanol–water partition coefficient (Wildman–Crippen LogP) is 1.98. The van der Waals surface area contributed by atoms with Crippen LogP contribution in [0, 0.1) is 0 Å². The molecule has 1 atom stereocenters. The van der Waals surface area contributed by atoms with Crippen molar-refractivity contribution in [2.75, 3.05) is 33.9 Å². The van der Waals surface area contributed by atoms with E-state index in [1.54, 1.807) is 19.1 Å². The number of hydrogen-bond acceptors (Lipinski definition) is 5. The molecule has 0 bridgehead atoms. The summed E-state index contributed by atoms with van der Waals surface area (Å²) in [7, 11) is 3.24. The fourth-order valence-corrected chi connectivity index (χ4v) is 2.33. The summed E-state index contributed by atoms with van der Waals surface area (Å²) in [4.78, 5) is 14.0. The zero-order valence-electron chi connectivity index (χ0n) is 14.0. The van der Waals surface area contributed by atoms with Gasteiger partial charge in [-0.3, -0.25) is 0 Å². The number of hydrogen-bond donors (Lipinski definition) is 1. The molecule has 21 heavy (non-hydrogen) atoms. The number of rotatable bonds is 5. The van der Waals surface area contributed by atoms with Crippen molar-refractivity contribution in [1.82, 2.24) is 10.2 Å². The average Bonchev–Trinajstić information content (AvgIpc) is 2.63. The van der Waals surface area contributed by atoms with Crippen molar-refractivity contribution in [3.8, 4) is 0 Å². The van der Waals surface area contributed by atoms with E-state index in [9.17, 15) is 4.79 Å². The minimum atomic E-state index is -0.455. The van der Waals surface area contributed by atoms with E-state index >= 15 is 0 Å². The lowest BCUT2D eigenvalue weighted by Crippen LogP contribution is -2.46. The second-order valence-electron chi connectivity index (χ2n) is 6.43. The molecule has 1 unspecified atom stereocenters. The normalized spacial score (nSPS) is 20.5. The molecule has 1 aliphatic heterocycles. The monoisotopic (exact) mass is 302 g/mol. The highest BCUT2D eigenvalue weighted by molar-refractivity contribution is 5.68. The quantitative estimate of drug-likeness (QED) is 0.787. The number of carbonyl (C=O) groups excluding carboxylic acids is 1. The van der Waals surface area contributed by atoms with Crippen LogP contribution in [-0.2, 0) is 14.2 Å². The van der Waals surface area contributed by atoms with Crippen LogP contribution in [0.3, 0.4) is 0 Å². The SMILES string of the molecule is COC(CNC1CCCCN(C(=O)OC(C)(C)C)C1)OC. The van der Waals surface area contributed by atoms with E-state index in [0.717, 1.165) is 25.8 Å². The molecule has 1 amide bonds. The third-order valence-corrected chi connectivity index (χ3v) is 3.42. The van der Waals surface area contributed by atoms with Crippen LogP contribution in [0.4, 0.5) is 4.79 Å². The van der Waals surface area contributed by atoms with E-state index in [-0.39, 0.29) is 18.4 Å². The summed E-state index contributed by atoms with van der Waals surface area (Å²) in [6.07, 6.45) is 2.66. The van der Waals surface area contributed by atoms with Gasteiger partial charge >= 0.3 is 6.09 Å². The van der Waals surface area contributed by atoms with Crippen LogP contribution in [0.25, 0.3) is 0 Å². The standard InChI is InChI=1S/C15H30N2O4/c1-15(2,3)21-14(18)17-9-7-6-8-12(11-17)16-10-13(19-4)20-5/h12-13,16H,6-11H2,1-5H3. The first-order chi connectivity index (χ1) is 9.85. The Kier molecular flexibility index (Phi) is 7.42. The third-order valence-electron chi connectivity index (χ3n) is 3.42. The van der Waals surface area contributed by atoms with Crippen LogP contribution in [0.15, 0.2) is 0 Å². The van der Waals surface area contributed by atoms with Gasteiger partial charge in [0.25, 0.3) is 0 Å². The van der Waals surface area contributed by atoms with Gasteiger partial charge in [-0.1, -0.05) is 6.42 Å². The number of methoxy groups -OCH3 is 2. The predicted molar refractivity (Wildman–Crippen MR) is 81.3 cm³/mol. The lowest BCUT2D eigenvalue weighted by atomic mass is 10.1. The van der Waals surface area contributed by atoms with Gasteiger partial charge in [-0.25, -0.2) is 4.79 Å². The Bertz CT molecular complexity index is 313. The maximum atomic E-state index is 12.2. The Labute approximate surface area is 128 Å². The Morgan fingerprint density at radius 2 is 1.95 bits per heavy atom. The van der Waals surface area contributed by atoms with Gasteiger partial charge in [0.2, 0.25) is 0 Å². The van der Waals surface area contributed by atoms with Gasteiger partial charge < -0.3 is 24.4 Å². The van der Waals surface area contributed by atoms with Crippen LogP contribution in [0.5, 0.6) is 0 Å². The lowest BCUT2D eigenvalue weighted by molar-refractivity contribution is -0.100. The fourth-order valence-electron chi connectivity index (χ4n) is 2.33. The molecule has 0 aliphatic carbocycles. The van der Waals surface area contributed by atoms with Gasteiger partial charge in [0.05, 0.1) is 0 Å². The molecule has 124 valence electrons. The van der Waals surface area contributed by atoms with Gasteiger partial charge in [-0.2, -0.15) is 0 Å². The van der Waals surface area contributed by atoms with Gasteiger partial charge in [-0.15, -0.1) is 0 Å². The molecular formula is C15H30N2O4. The number of ether oxygens (including phenoxy) is 3. The summed E-state index contributed by atoms with van der Waals surface area (Å²) < 4.78 is 15.8. The van der Waals surface area contributed by atoms with Crippen molar-refractivity contribution in [1.29, 1.82) is 0 Å². The molecule has 0 spiro atoms. The Morgan fingerprint density at radius 1 is 1.29 bits per heavy atom. The molecule has 1 aliphatic rings. The van der Waals surface area contributed by atoms with Gasteiger partial charge in [0.15, 0.2) is 6.29 Å². The van der Waals surface area contributed by atoms with E-state index in [0.29, 0.717) is 13.1 Å². The number of nitrogens with zero attached hydrogens (tertiary/aromatic N) is 1. The van der Waals surface area contributed by atoms with E-state index in [2.05, 4.69) is 5.32 Å². The van der Waals surface area contributed by atoms with Crippen molar-refractivity contribution in [3.63, 3.8) is 0 Å². The first-order valence-corrected chi connectivity index (χ1v) is 7.62. The largest absolute Gasteiger partial charge is 0.444 e. The molecule has 6 nitrogen and oxygen atoms in total. The molecule has 1 heterocycles. The van der Waals surface area contributed by atoms with Gasteiger partial charge in [0, 0.05) is 39.9 Å². The molecule has 0 aromatic carbocycles. The summed E-state index contributed by atoms with van der Waals surface area (Å²) in [6.45, 7) is 7.70. The summed E-state index contributed by atoms with van der Waals surface area (Å²) in [5.41, 5.74) is -0.455. The number of nitrogens with one attached hydrogen (secondary N) is 1. The average molecular weight is 302 g/mol. The van der Waals surface area contributed by atoms with Crippen molar-refractivity contribution in [3.05, 3.63) is 0 Å². The summed E-state index contributed by atoms with van der Waals surface area (Å²) in [5, 5.41) is 3.41. The minimum absolute atomic E-state index is 0.230. The highest BCUT2D eigenvalue weighted by Crippen LogP contribution is 2.15. The second kappa shape index (κ2) is 8.56. The first-order valence-electron chi connectivity index (χ1n) is 7.62. The number of likely N-dealkylation sites (tertiary alicyclic amines) is 1. The molecule has 0 saturated carbocycles. The third kappa shape index (κ3) is 7.11.